The van der Waals surface area contributed by atoms with Gasteiger partial charge in [-0.1, -0.05) is 0 Å². The molecule has 2 aromatic rings. The van der Waals surface area contributed by atoms with Crippen molar-refractivity contribution in [2.24, 2.45) is 5.73 Å². The maximum atomic E-state index is 11.0. The van der Waals surface area contributed by atoms with Crippen LogP contribution in [-0.4, -0.2) is 12.0 Å². The molecule has 0 aliphatic rings. The summed E-state index contributed by atoms with van der Waals surface area (Å²) in [6.45, 7) is 0.399. The highest BCUT2D eigenvalue weighted by Crippen LogP contribution is 2.35. The van der Waals surface area contributed by atoms with E-state index in [2.05, 4.69) is 0 Å². The lowest BCUT2D eigenvalue weighted by Gasteiger charge is -2.11. The van der Waals surface area contributed by atoms with Gasteiger partial charge in [-0.05, 0) is 28.5 Å². The molecule has 0 aliphatic carbocycles. The molecule has 20 heavy (non-hydrogen) atoms. The van der Waals surface area contributed by atoms with E-state index in [0.717, 1.165) is 5.56 Å². The quantitative estimate of drug-likeness (QED) is 0.653. The molecule has 0 saturated carbocycles. The Hall–Kier alpha value is -2.12. The van der Waals surface area contributed by atoms with Crippen molar-refractivity contribution in [3.8, 4) is 11.5 Å². The van der Waals surface area contributed by atoms with Crippen molar-refractivity contribution in [1.29, 1.82) is 0 Å². The van der Waals surface area contributed by atoms with Gasteiger partial charge >= 0.3 is 0 Å². The number of methoxy groups -OCH3 is 1. The highest BCUT2D eigenvalue weighted by Gasteiger charge is 2.18. The smallest absolute Gasteiger partial charge is 0.277 e. The van der Waals surface area contributed by atoms with E-state index in [9.17, 15) is 10.1 Å². The summed E-state index contributed by atoms with van der Waals surface area (Å²) < 4.78 is 10.8. The molecule has 106 valence electrons. The van der Waals surface area contributed by atoms with Crippen molar-refractivity contribution in [1.82, 2.24) is 0 Å². The molecule has 0 aliphatic heterocycles. The first-order chi connectivity index (χ1) is 9.65. The van der Waals surface area contributed by atoms with Gasteiger partial charge in [0.25, 0.3) is 5.69 Å². The number of rotatable bonds is 6. The van der Waals surface area contributed by atoms with Gasteiger partial charge in [0, 0.05) is 12.1 Å². The fourth-order valence-corrected chi connectivity index (χ4v) is 2.39. The van der Waals surface area contributed by atoms with Gasteiger partial charge in [0.2, 0.25) is 0 Å². The Labute approximate surface area is 119 Å². The molecule has 2 N–H and O–H groups in total. The van der Waals surface area contributed by atoms with Crippen molar-refractivity contribution in [3.63, 3.8) is 0 Å². The Morgan fingerprint density at radius 2 is 2.20 bits per heavy atom. The number of thiophene rings is 1. The van der Waals surface area contributed by atoms with Crippen molar-refractivity contribution in [3.05, 3.63) is 50.2 Å². The van der Waals surface area contributed by atoms with Crippen LogP contribution in [0.15, 0.2) is 29.0 Å². The first-order valence-corrected chi connectivity index (χ1v) is 6.79. The predicted molar refractivity (Wildman–Crippen MR) is 76.2 cm³/mol. The SMILES string of the molecule is COc1cc(CN)c([N+](=O)[O-])cc1OCc1ccsc1. The summed E-state index contributed by atoms with van der Waals surface area (Å²) >= 11 is 1.56. The van der Waals surface area contributed by atoms with Crippen LogP contribution in [0.1, 0.15) is 11.1 Å². The zero-order chi connectivity index (χ0) is 14.5. The minimum absolute atomic E-state index is 0.0615. The Balaban J connectivity index is 2.30. The van der Waals surface area contributed by atoms with E-state index in [1.807, 2.05) is 16.8 Å². The number of nitro benzene ring substituents is 1. The molecule has 0 amide bonds. The molecule has 1 heterocycles. The van der Waals surface area contributed by atoms with Crippen molar-refractivity contribution in [2.45, 2.75) is 13.2 Å². The van der Waals surface area contributed by atoms with Crippen LogP contribution in [0.5, 0.6) is 11.5 Å². The van der Waals surface area contributed by atoms with Gasteiger partial charge in [0.1, 0.15) is 6.61 Å². The van der Waals surface area contributed by atoms with E-state index in [4.69, 9.17) is 15.2 Å². The fraction of sp³-hybridized carbons (Fsp3) is 0.231. The van der Waals surface area contributed by atoms with Crippen LogP contribution in [0.3, 0.4) is 0 Å². The van der Waals surface area contributed by atoms with Crippen LogP contribution < -0.4 is 15.2 Å². The van der Waals surface area contributed by atoms with Gasteiger partial charge in [-0.15, -0.1) is 0 Å². The first-order valence-electron chi connectivity index (χ1n) is 5.85. The summed E-state index contributed by atoms with van der Waals surface area (Å²) in [5.41, 5.74) is 6.87. The normalized spacial score (nSPS) is 10.3. The second-order valence-corrected chi connectivity index (χ2v) is 4.79. The number of nitrogens with zero attached hydrogens (tertiary/aromatic N) is 1. The zero-order valence-electron chi connectivity index (χ0n) is 10.9. The zero-order valence-corrected chi connectivity index (χ0v) is 11.7. The summed E-state index contributed by atoms with van der Waals surface area (Å²) in [5, 5.41) is 14.9. The van der Waals surface area contributed by atoms with Gasteiger partial charge in [-0.25, -0.2) is 0 Å². The van der Waals surface area contributed by atoms with Crippen LogP contribution in [0.4, 0.5) is 5.69 Å². The maximum absolute atomic E-state index is 11.0. The molecule has 1 aromatic heterocycles. The lowest BCUT2D eigenvalue weighted by Crippen LogP contribution is -2.04. The van der Waals surface area contributed by atoms with E-state index in [1.165, 1.54) is 13.2 Å². The summed E-state index contributed by atoms with van der Waals surface area (Å²) in [4.78, 5) is 10.5. The van der Waals surface area contributed by atoms with Crippen molar-refractivity contribution >= 4 is 17.0 Å². The molecule has 6 nitrogen and oxygen atoms in total. The molecule has 2 rings (SSSR count). The molecule has 0 unspecified atom stereocenters. The monoisotopic (exact) mass is 294 g/mol. The first kappa shape index (κ1) is 14.3. The second kappa shape index (κ2) is 6.36. The highest BCUT2D eigenvalue weighted by molar-refractivity contribution is 7.07. The molecular formula is C13H14N2O4S. The Kier molecular flexibility index (Phi) is 4.54. The predicted octanol–water partition coefficient (Wildman–Crippen LogP) is 2.70. The number of nitro groups is 1. The van der Waals surface area contributed by atoms with Gasteiger partial charge in [-0.3, -0.25) is 10.1 Å². The average Bonchev–Trinajstić information content (AvgIpc) is 2.97. The lowest BCUT2D eigenvalue weighted by molar-refractivity contribution is -0.385. The van der Waals surface area contributed by atoms with E-state index in [-0.39, 0.29) is 12.2 Å². The number of nitrogens with two attached hydrogens (primary N) is 1. The Bertz CT molecular complexity index is 599. The Morgan fingerprint density at radius 1 is 1.40 bits per heavy atom. The van der Waals surface area contributed by atoms with E-state index in [0.29, 0.717) is 23.7 Å². The summed E-state index contributed by atoms with van der Waals surface area (Å²) in [7, 11) is 1.49. The maximum Gasteiger partial charge on any atom is 0.277 e. The van der Waals surface area contributed by atoms with E-state index >= 15 is 0 Å². The number of benzene rings is 1. The van der Waals surface area contributed by atoms with Crippen LogP contribution in [0, 0.1) is 10.1 Å². The van der Waals surface area contributed by atoms with Crippen LogP contribution in [-0.2, 0) is 13.2 Å². The third kappa shape index (κ3) is 3.06. The topological polar surface area (TPSA) is 87.6 Å². The third-order valence-electron chi connectivity index (χ3n) is 2.76. The third-order valence-corrected chi connectivity index (χ3v) is 3.49. The molecule has 0 spiro atoms. The molecule has 7 heteroatoms. The van der Waals surface area contributed by atoms with E-state index < -0.39 is 4.92 Å². The van der Waals surface area contributed by atoms with Gasteiger partial charge in [-0.2, -0.15) is 11.3 Å². The average molecular weight is 294 g/mol. The molecule has 0 radical (unpaired) electrons. The Morgan fingerprint density at radius 3 is 2.75 bits per heavy atom. The molecule has 1 aromatic carbocycles. The summed E-state index contributed by atoms with van der Waals surface area (Å²) in [6.07, 6.45) is 0. The number of hydrogen-bond acceptors (Lipinski definition) is 6. The number of ether oxygens (including phenoxy) is 2. The minimum Gasteiger partial charge on any atom is -0.493 e. The molecular weight excluding hydrogens is 280 g/mol. The summed E-state index contributed by atoms with van der Waals surface area (Å²) in [5.74, 6) is 0.772. The van der Waals surface area contributed by atoms with Crippen LogP contribution >= 0.6 is 11.3 Å². The standard InChI is InChI=1S/C13H14N2O4S/c1-18-12-4-10(6-14)11(15(16)17)5-13(12)19-7-9-2-3-20-8-9/h2-5,8H,6-7,14H2,1H3. The van der Waals surface area contributed by atoms with Gasteiger partial charge < -0.3 is 15.2 Å². The van der Waals surface area contributed by atoms with Gasteiger partial charge in [0.05, 0.1) is 18.1 Å². The second-order valence-electron chi connectivity index (χ2n) is 4.01. The molecule has 0 saturated heterocycles. The molecule has 0 bridgehead atoms. The van der Waals surface area contributed by atoms with Crippen LogP contribution in [0.2, 0.25) is 0 Å². The van der Waals surface area contributed by atoms with Gasteiger partial charge in [0.15, 0.2) is 11.5 Å². The lowest BCUT2D eigenvalue weighted by atomic mass is 10.1. The van der Waals surface area contributed by atoms with E-state index in [1.54, 1.807) is 17.4 Å². The van der Waals surface area contributed by atoms with Crippen molar-refractivity contribution < 1.29 is 14.4 Å². The van der Waals surface area contributed by atoms with Crippen molar-refractivity contribution in [2.75, 3.05) is 7.11 Å². The molecule has 0 fully saturated rings. The number of hydrogen-bond donors (Lipinski definition) is 1. The van der Waals surface area contributed by atoms with Crippen LogP contribution in [0.25, 0.3) is 0 Å². The highest BCUT2D eigenvalue weighted by atomic mass is 32.1. The summed E-state index contributed by atoms with van der Waals surface area (Å²) in [6, 6.07) is 4.83. The fourth-order valence-electron chi connectivity index (χ4n) is 1.73. The minimum atomic E-state index is -0.473. The largest absolute Gasteiger partial charge is 0.493 e. The molecule has 0 atom stereocenters.